The molecule has 94 valence electrons. The van der Waals surface area contributed by atoms with Gasteiger partial charge >= 0.3 is 0 Å². The zero-order chi connectivity index (χ0) is 12.7. The summed E-state index contributed by atoms with van der Waals surface area (Å²) in [5, 5.41) is 9.38. The van der Waals surface area contributed by atoms with Crippen LogP contribution >= 0.6 is 11.6 Å². The number of rotatable bonds is 2. The fourth-order valence-corrected chi connectivity index (χ4v) is 2.40. The second-order valence-corrected chi connectivity index (χ2v) is 4.72. The summed E-state index contributed by atoms with van der Waals surface area (Å²) in [6, 6.07) is 0. The van der Waals surface area contributed by atoms with E-state index in [0.29, 0.717) is 11.2 Å². The van der Waals surface area contributed by atoms with Crippen LogP contribution in [-0.2, 0) is 0 Å². The molecule has 1 aliphatic carbocycles. The summed E-state index contributed by atoms with van der Waals surface area (Å²) in [5.41, 5.74) is 6.60. The van der Waals surface area contributed by atoms with Gasteiger partial charge in [0.1, 0.15) is 11.3 Å². The number of aromatic nitrogens is 4. The standard InChI is InChI=1S/C11H12ClN5O/c12-8-7-10(17-11(13)15-8)16-9(14-7)6-2-1-5(3-6)4-18/h1-2,5-6,18H,3-4H2,(H3,13,14,15,16,17)/t5-,6+/m1/s1. The Labute approximate surface area is 108 Å². The van der Waals surface area contributed by atoms with E-state index in [2.05, 4.69) is 19.9 Å². The third-order valence-corrected chi connectivity index (χ3v) is 3.37. The van der Waals surface area contributed by atoms with Crippen LogP contribution in [0.5, 0.6) is 0 Å². The normalized spacial score (nSPS) is 23.0. The summed E-state index contributed by atoms with van der Waals surface area (Å²) in [6.45, 7) is 0.154. The summed E-state index contributed by atoms with van der Waals surface area (Å²) in [7, 11) is 0. The molecular formula is C11H12ClN5O. The van der Waals surface area contributed by atoms with Gasteiger partial charge in [0.05, 0.1) is 0 Å². The van der Waals surface area contributed by atoms with Gasteiger partial charge in [-0.25, -0.2) is 4.98 Å². The number of imidazole rings is 1. The summed E-state index contributed by atoms with van der Waals surface area (Å²) >= 11 is 5.98. The van der Waals surface area contributed by atoms with Crippen LogP contribution in [0.15, 0.2) is 12.2 Å². The van der Waals surface area contributed by atoms with Crippen molar-refractivity contribution in [2.45, 2.75) is 12.3 Å². The summed E-state index contributed by atoms with van der Waals surface area (Å²) in [5.74, 6) is 1.23. The Morgan fingerprint density at radius 3 is 2.94 bits per heavy atom. The van der Waals surface area contributed by atoms with Crippen molar-refractivity contribution in [3.63, 3.8) is 0 Å². The molecule has 2 atom stereocenters. The monoisotopic (exact) mass is 265 g/mol. The van der Waals surface area contributed by atoms with E-state index in [9.17, 15) is 0 Å². The van der Waals surface area contributed by atoms with Crippen LogP contribution in [0.3, 0.4) is 0 Å². The molecule has 0 fully saturated rings. The average molecular weight is 266 g/mol. The molecule has 6 nitrogen and oxygen atoms in total. The molecule has 1 aliphatic rings. The zero-order valence-corrected chi connectivity index (χ0v) is 10.2. The van der Waals surface area contributed by atoms with Crippen LogP contribution in [0, 0.1) is 5.92 Å². The topological polar surface area (TPSA) is 101 Å². The molecule has 2 aromatic rings. The quantitative estimate of drug-likeness (QED) is 0.560. The molecule has 0 aromatic carbocycles. The Hall–Kier alpha value is -1.66. The number of nitrogens with one attached hydrogen (secondary N) is 1. The van der Waals surface area contributed by atoms with E-state index in [1.165, 1.54) is 0 Å². The number of hydrogen-bond acceptors (Lipinski definition) is 5. The van der Waals surface area contributed by atoms with E-state index < -0.39 is 0 Å². The average Bonchev–Trinajstić information content (AvgIpc) is 2.93. The number of hydrogen-bond donors (Lipinski definition) is 3. The van der Waals surface area contributed by atoms with Crippen LogP contribution in [0.4, 0.5) is 5.95 Å². The number of halogens is 1. The van der Waals surface area contributed by atoms with Gasteiger partial charge in [0.15, 0.2) is 10.8 Å². The SMILES string of the molecule is Nc1nc(Cl)c2[nH]c([C@H]3C=C[C@@H](CO)C3)nc2n1. The lowest BCUT2D eigenvalue weighted by Gasteiger charge is -2.06. The lowest BCUT2D eigenvalue weighted by atomic mass is 10.0. The first-order valence-electron chi connectivity index (χ1n) is 5.65. The summed E-state index contributed by atoms with van der Waals surface area (Å²) in [4.78, 5) is 15.4. The number of nitrogen functional groups attached to an aromatic ring is 1. The van der Waals surface area contributed by atoms with Crippen molar-refractivity contribution in [1.82, 2.24) is 19.9 Å². The van der Waals surface area contributed by atoms with E-state index >= 15 is 0 Å². The molecule has 4 N–H and O–H groups in total. The number of aliphatic hydroxyl groups excluding tert-OH is 1. The van der Waals surface area contributed by atoms with Gasteiger partial charge < -0.3 is 15.8 Å². The van der Waals surface area contributed by atoms with Crippen LogP contribution in [0.25, 0.3) is 11.2 Å². The predicted octanol–water partition coefficient (Wildman–Crippen LogP) is 1.24. The number of aromatic amines is 1. The van der Waals surface area contributed by atoms with Crippen molar-refractivity contribution >= 4 is 28.7 Å². The fourth-order valence-electron chi connectivity index (χ4n) is 2.18. The number of fused-ring (bicyclic) bond motifs is 1. The van der Waals surface area contributed by atoms with Gasteiger partial charge in [-0.3, -0.25) is 0 Å². The lowest BCUT2D eigenvalue weighted by molar-refractivity contribution is 0.248. The Kier molecular flexibility index (Phi) is 2.68. The van der Waals surface area contributed by atoms with Gasteiger partial charge in [-0.15, -0.1) is 0 Å². The summed E-state index contributed by atoms with van der Waals surface area (Å²) in [6.07, 6.45) is 4.86. The van der Waals surface area contributed by atoms with Crippen molar-refractivity contribution in [3.05, 3.63) is 23.1 Å². The zero-order valence-electron chi connectivity index (χ0n) is 9.47. The highest BCUT2D eigenvalue weighted by atomic mass is 35.5. The van der Waals surface area contributed by atoms with E-state index in [1.807, 2.05) is 12.2 Å². The molecule has 18 heavy (non-hydrogen) atoms. The summed E-state index contributed by atoms with van der Waals surface area (Å²) < 4.78 is 0. The molecule has 0 spiro atoms. The van der Waals surface area contributed by atoms with Gasteiger partial charge in [0.25, 0.3) is 0 Å². The smallest absolute Gasteiger partial charge is 0.223 e. The Balaban J connectivity index is 1.99. The van der Waals surface area contributed by atoms with E-state index in [4.69, 9.17) is 22.4 Å². The van der Waals surface area contributed by atoms with Crippen molar-refractivity contribution < 1.29 is 5.11 Å². The van der Waals surface area contributed by atoms with E-state index in [0.717, 1.165) is 12.2 Å². The van der Waals surface area contributed by atoms with Crippen molar-refractivity contribution in [2.75, 3.05) is 12.3 Å². The Bertz CT molecular complexity index is 623. The number of anilines is 1. The molecule has 0 aliphatic heterocycles. The number of nitrogens with two attached hydrogens (primary N) is 1. The van der Waals surface area contributed by atoms with Gasteiger partial charge in [-0.2, -0.15) is 9.97 Å². The third-order valence-electron chi connectivity index (χ3n) is 3.10. The number of aliphatic hydroxyl groups is 1. The number of allylic oxidation sites excluding steroid dienone is 1. The first-order valence-corrected chi connectivity index (χ1v) is 6.03. The lowest BCUT2D eigenvalue weighted by Crippen LogP contribution is -2.02. The highest BCUT2D eigenvalue weighted by Crippen LogP contribution is 2.32. The number of nitrogens with zero attached hydrogens (tertiary/aromatic N) is 3. The third kappa shape index (κ3) is 1.83. The van der Waals surface area contributed by atoms with Gasteiger partial charge in [-0.05, 0) is 6.42 Å². The minimum Gasteiger partial charge on any atom is -0.396 e. The van der Waals surface area contributed by atoms with Crippen molar-refractivity contribution in [2.24, 2.45) is 5.92 Å². The molecule has 2 heterocycles. The maximum atomic E-state index is 9.11. The fraction of sp³-hybridized carbons (Fsp3) is 0.364. The largest absolute Gasteiger partial charge is 0.396 e. The first kappa shape index (κ1) is 11.4. The van der Waals surface area contributed by atoms with Gasteiger partial charge in [-0.1, -0.05) is 23.8 Å². The minimum atomic E-state index is 0.112. The van der Waals surface area contributed by atoms with Gasteiger partial charge in [0.2, 0.25) is 5.95 Å². The maximum Gasteiger partial charge on any atom is 0.223 e. The van der Waals surface area contributed by atoms with Crippen LogP contribution in [0.2, 0.25) is 5.15 Å². The molecule has 0 saturated heterocycles. The second kappa shape index (κ2) is 4.22. The molecule has 7 heteroatoms. The predicted molar refractivity (Wildman–Crippen MR) is 68.2 cm³/mol. The molecule has 0 amide bonds. The molecule has 0 saturated carbocycles. The highest BCUT2D eigenvalue weighted by Gasteiger charge is 2.23. The van der Waals surface area contributed by atoms with Crippen LogP contribution < -0.4 is 5.73 Å². The molecule has 0 unspecified atom stereocenters. The molecule has 2 aromatic heterocycles. The number of H-pyrrole nitrogens is 1. The van der Waals surface area contributed by atoms with Crippen LogP contribution in [-0.4, -0.2) is 31.6 Å². The molecule has 3 rings (SSSR count). The van der Waals surface area contributed by atoms with E-state index in [-0.39, 0.29) is 29.5 Å². The molecule has 0 radical (unpaired) electrons. The van der Waals surface area contributed by atoms with Gasteiger partial charge in [0, 0.05) is 18.4 Å². The Morgan fingerprint density at radius 1 is 1.39 bits per heavy atom. The minimum absolute atomic E-state index is 0.112. The highest BCUT2D eigenvalue weighted by molar-refractivity contribution is 6.33. The van der Waals surface area contributed by atoms with Crippen molar-refractivity contribution in [1.29, 1.82) is 0 Å². The first-order chi connectivity index (χ1) is 8.67. The van der Waals surface area contributed by atoms with E-state index in [1.54, 1.807) is 0 Å². The maximum absolute atomic E-state index is 9.11. The Morgan fingerprint density at radius 2 is 2.22 bits per heavy atom. The second-order valence-electron chi connectivity index (χ2n) is 4.36. The molecule has 0 bridgehead atoms. The van der Waals surface area contributed by atoms with Crippen molar-refractivity contribution in [3.8, 4) is 0 Å². The molecular weight excluding hydrogens is 254 g/mol. The van der Waals surface area contributed by atoms with Crippen LogP contribution in [0.1, 0.15) is 18.2 Å².